The highest BCUT2D eigenvalue weighted by atomic mass is 19.3. The van der Waals surface area contributed by atoms with Crippen molar-refractivity contribution in [1.29, 1.82) is 0 Å². The summed E-state index contributed by atoms with van der Waals surface area (Å²) in [4.78, 5) is 0. The van der Waals surface area contributed by atoms with E-state index < -0.39 is 36.7 Å². The van der Waals surface area contributed by atoms with E-state index >= 15 is 0 Å². The normalized spacial score (nSPS) is 19.9. The second kappa shape index (κ2) is 9.16. The van der Waals surface area contributed by atoms with Gasteiger partial charge in [0.25, 0.3) is 5.92 Å². The zero-order valence-corrected chi connectivity index (χ0v) is 16.7. The Morgan fingerprint density at radius 2 is 1.76 bits per heavy atom. The van der Waals surface area contributed by atoms with Crippen LogP contribution in [0.25, 0.3) is 0 Å². The lowest BCUT2D eigenvalue weighted by Crippen LogP contribution is -2.20. The van der Waals surface area contributed by atoms with Crippen molar-refractivity contribution >= 4 is 0 Å². The van der Waals surface area contributed by atoms with Gasteiger partial charge in [-0.25, -0.2) is 13.2 Å². The minimum Gasteiger partial charge on any atom is -0.490 e. The number of alkyl halides is 2. The summed E-state index contributed by atoms with van der Waals surface area (Å²) in [6.45, 7) is 4.05. The molecular weight excluding hydrogens is 384 g/mol. The Balaban J connectivity index is 1.62. The highest BCUT2D eigenvalue weighted by Gasteiger charge is 2.32. The van der Waals surface area contributed by atoms with Crippen molar-refractivity contribution < 1.29 is 27.0 Å². The number of hydrogen-bond acceptors (Lipinski definition) is 2. The molecule has 2 nitrogen and oxygen atoms in total. The van der Waals surface area contributed by atoms with Crippen LogP contribution in [0.3, 0.4) is 0 Å². The van der Waals surface area contributed by atoms with Crippen molar-refractivity contribution in [3.05, 3.63) is 64.7 Å². The Hall–Kier alpha value is -2.08. The van der Waals surface area contributed by atoms with E-state index in [0.29, 0.717) is 18.9 Å². The summed E-state index contributed by atoms with van der Waals surface area (Å²) in [6, 6.07) is 8.79. The predicted octanol–water partition coefficient (Wildman–Crippen LogP) is 6.58. The quantitative estimate of drug-likeness (QED) is 0.480. The van der Waals surface area contributed by atoms with Gasteiger partial charge in [0.05, 0.1) is 12.7 Å². The molecule has 1 aliphatic heterocycles. The van der Waals surface area contributed by atoms with Crippen LogP contribution in [0.4, 0.5) is 17.6 Å². The van der Waals surface area contributed by atoms with Crippen LogP contribution in [0.15, 0.2) is 36.4 Å². The fraction of sp³-hybridized carbons (Fsp3) is 0.478. The summed E-state index contributed by atoms with van der Waals surface area (Å²) in [5.41, 5.74) is 0.988. The van der Waals surface area contributed by atoms with Crippen LogP contribution in [0.5, 0.6) is 5.75 Å². The van der Waals surface area contributed by atoms with E-state index in [-0.39, 0.29) is 16.9 Å². The SMILES string of the molecule is CCc1ccc(C(F)(F)CCOc2ccc(C3CCC(C)CO3)c(F)c2F)cc1. The van der Waals surface area contributed by atoms with Crippen LogP contribution >= 0.6 is 0 Å². The molecule has 1 heterocycles. The second-order valence-electron chi connectivity index (χ2n) is 7.64. The molecule has 2 atom stereocenters. The Morgan fingerprint density at radius 1 is 1.03 bits per heavy atom. The lowest BCUT2D eigenvalue weighted by Gasteiger charge is -2.27. The number of rotatable bonds is 7. The molecule has 1 aliphatic rings. The molecule has 29 heavy (non-hydrogen) atoms. The van der Waals surface area contributed by atoms with Crippen LogP contribution < -0.4 is 4.74 Å². The molecule has 0 radical (unpaired) electrons. The van der Waals surface area contributed by atoms with Crippen molar-refractivity contribution in [2.45, 2.75) is 51.6 Å². The molecule has 1 fully saturated rings. The van der Waals surface area contributed by atoms with Crippen LogP contribution in [-0.2, 0) is 17.1 Å². The third-order valence-electron chi connectivity index (χ3n) is 5.39. The van der Waals surface area contributed by atoms with E-state index in [1.165, 1.54) is 24.3 Å². The first kappa shape index (κ1) is 21.6. The summed E-state index contributed by atoms with van der Waals surface area (Å²) >= 11 is 0. The average molecular weight is 410 g/mol. The summed E-state index contributed by atoms with van der Waals surface area (Å²) < 4.78 is 68.3. The molecule has 158 valence electrons. The van der Waals surface area contributed by atoms with Crippen molar-refractivity contribution in [2.24, 2.45) is 5.92 Å². The molecule has 0 amide bonds. The van der Waals surface area contributed by atoms with E-state index in [9.17, 15) is 17.6 Å². The molecule has 0 aliphatic carbocycles. The monoisotopic (exact) mass is 410 g/mol. The van der Waals surface area contributed by atoms with Gasteiger partial charge in [0, 0.05) is 24.2 Å². The first-order valence-electron chi connectivity index (χ1n) is 10.0. The molecule has 2 aromatic rings. The Bertz CT molecular complexity index is 812. The fourth-order valence-electron chi connectivity index (χ4n) is 3.45. The number of hydrogen-bond donors (Lipinski definition) is 0. The van der Waals surface area contributed by atoms with Crippen LogP contribution in [0, 0.1) is 17.6 Å². The van der Waals surface area contributed by atoms with Gasteiger partial charge in [0.2, 0.25) is 5.82 Å². The molecule has 2 unspecified atom stereocenters. The van der Waals surface area contributed by atoms with Gasteiger partial charge in [-0.1, -0.05) is 38.1 Å². The fourth-order valence-corrected chi connectivity index (χ4v) is 3.45. The van der Waals surface area contributed by atoms with Gasteiger partial charge in [-0.15, -0.1) is 0 Å². The van der Waals surface area contributed by atoms with E-state index in [2.05, 4.69) is 0 Å². The number of ether oxygens (including phenoxy) is 2. The Morgan fingerprint density at radius 3 is 2.38 bits per heavy atom. The van der Waals surface area contributed by atoms with Gasteiger partial charge in [-0.3, -0.25) is 0 Å². The molecule has 2 aromatic carbocycles. The zero-order valence-electron chi connectivity index (χ0n) is 16.7. The molecule has 0 aromatic heterocycles. The Labute approximate surface area is 168 Å². The molecule has 0 spiro atoms. The standard InChI is InChI=1S/C23H26F4O2/c1-3-16-5-7-17(8-6-16)23(26,27)12-13-28-20-11-9-18(21(24)22(20)25)19-10-4-15(2)14-29-19/h5-9,11,15,19H,3-4,10,12-14H2,1-2H3. The lowest BCUT2D eigenvalue weighted by molar-refractivity contribution is -0.0247. The van der Waals surface area contributed by atoms with Crippen LogP contribution in [0.2, 0.25) is 0 Å². The predicted molar refractivity (Wildman–Crippen MR) is 103 cm³/mol. The number of aryl methyl sites for hydroxylation is 1. The molecule has 0 saturated carbocycles. The first-order chi connectivity index (χ1) is 13.8. The van der Waals surface area contributed by atoms with Crippen molar-refractivity contribution in [1.82, 2.24) is 0 Å². The van der Waals surface area contributed by atoms with E-state index in [1.807, 2.05) is 13.8 Å². The highest BCUT2D eigenvalue weighted by molar-refractivity contribution is 5.32. The smallest absolute Gasteiger partial charge is 0.276 e. The second-order valence-corrected chi connectivity index (χ2v) is 7.64. The van der Waals surface area contributed by atoms with Crippen LogP contribution in [-0.4, -0.2) is 13.2 Å². The molecular formula is C23H26F4O2. The summed E-state index contributed by atoms with van der Waals surface area (Å²) in [6.07, 6.45) is 1.12. The largest absolute Gasteiger partial charge is 0.490 e. The third-order valence-corrected chi connectivity index (χ3v) is 5.39. The maximum atomic E-state index is 14.5. The minimum absolute atomic E-state index is 0.121. The molecule has 6 heteroatoms. The molecule has 1 saturated heterocycles. The van der Waals surface area contributed by atoms with E-state index in [1.54, 1.807) is 12.1 Å². The topological polar surface area (TPSA) is 18.5 Å². The summed E-state index contributed by atoms with van der Waals surface area (Å²) in [5.74, 6) is -5.30. The summed E-state index contributed by atoms with van der Waals surface area (Å²) in [5, 5.41) is 0. The highest BCUT2D eigenvalue weighted by Crippen LogP contribution is 2.36. The van der Waals surface area contributed by atoms with Gasteiger partial charge in [-0.05, 0) is 42.9 Å². The zero-order chi connectivity index (χ0) is 21.0. The Kier molecular flexibility index (Phi) is 6.83. The van der Waals surface area contributed by atoms with Gasteiger partial charge in [-0.2, -0.15) is 4.39 Å². The first-order valence-corrected chi connectivity index (χ1v) is 10.0. The van der Waals surface area contributed by atoms with Crippen molar-refractivity contribution in [2.75, 3.05) is 13.2 Å². The van der Waals surface area contributed by atoms with Crippen LogP contribution in [0.1, 0.15) is 55.9 Å². The van der Waals surface area contributed by atoms with E-state index in [4.69, 9.17) is 9.47 Å². The number of halogens is 4. The maximum absolute atomic E-state index is 14.5. The average Bonchev–Trinajstić information content (AvgIpc) is 2.72. The third kappa shape index (κ3) is 5.10. The maximum Gasteiger partial charge on any atom is 0.276 e. The van der Waals surface area contributed by atoms with E-state index in [0.717, 1.165) is 18.4 Å². The molecule has 0 bridgehead atoms. The lowest BCUT2D eigenvalue weighted by atomic mass is 9.95. The molecule has 3 rings (SSSR count). The van der Waals surface area contributed by atoms with Gasteiger partial charge >= 0.3 is 0 Å². The molecule has 0 N–H and O–H groups in total. The van der Waals surface area contributed by atoms with Gasteiger partial charge < -0.3 is 9.47 Å². The van der Waals surface area contributed by atoms with Gasteiger partial charge in [0.1, 0.15) is 0 Å². The van der Waals surface area contributed by atoms with Crippen molar-refractivity contribution in [3.8, 4) is 5.75 Å². The number of benzene rings is 2. The van der Waals surface area contributed by atoms with Crippen molar-refractivity contribution in [3.63, 3.8) is 0 Å². The summed E-state index contributed by atoms with van der Waals surface area (Å²) in [7, 11) is 0. The minimum atomic E-state index is -3.12. The van der Waals surface area contributed by atoms with Gasteiger partial charge in [0.15, 0.2) is 11.6 Å².